The van der Waals surface area contributed by atoms with Crippen LogP contribution < -0.4 is 20.3 Å². The van der Waals surface area contributed by atoms with E-state index < -0.39 is 0 Å². The fourth-order valence-corrected chi connectivity index (χ4v) is 3.59. The molecule has 3 aromatic rings. The maximum Gasteiger partial charge on any atom is 0.264 e. The summed E-state index contributed by atoms with van der Waals surface area (Å²) in [4.78, 5) is 23.9. The van der Waals surface area contributed by atoms with Crippen molar-refractivity contribution in [1.29, 1.82) is 0 Å². The third-order valence-corrected chi connectivity index (χ3v) is 4.89. The van der Waals surface area contributed by atoms with Gasteiger partial charge < -0.3 is 14.8 Å². The minimum absolute atomic E-state index is 0.129. The van der Waals surface area contributed by atoms with Crippen LogP contribution in [0.25, 0.3) is 5.82 Å². The molecule has 0 saturated heterocycles. The lowest BCUT2D eigenvalue weighted by Crippen LogP contribution is -2.25. The van der Waals surface area contributed by atoms with Crippen LogP contribution in [0.4, 0.5) is 5.82 Å². The highest BCUT2D eigenvalue weighted by Crippen LogP contribution is 2.42. The van der Waals surface area contributed by atoms with Gasteiger partial charge in [-0.25, -0.2) is 5.10 Å². The zero-order valence-electron chi connectivity index (χ0n) is 16.4. The quantitative estimate of drug-likeness (QED) is 0.626. The van der Waals surface area contributed by atoms with Gasteiger partial charge in [0.05, 0.1) is 12.8 Å². The molecule has 1 unspecified atom stereocenters. The van der Waals surface area contributed by atoms with Crippen molar-refractivity contribution in [2.45, 2.75) is 19.3 Å². The van der Waals surface area contributed by atoms with E-state index in [1.807, 2.05) is 19.1 Å². The fraction of sp³-hybridized carbons (Fsp3) is 0.238. The van der Waals surface area contributed by atoms with Crippen LogP contribution in [0.2, 0.25) is 0 Å². The van der Waals surface area contributed by atoms with E-state index in [0.717, 1.165) is 16.8 Å². The number of anilines is 1. The molecule has 1 aromatic carbocycles. The SMILES string of the molecule is C#CCOc1ccc(C2CC(=O)Nc3c2c(C)nn3-c2ccc(=O)[nH]n2)cc1OC. The summed E-state index contributed by atoms with van der Waals surface area (Å²) in [6, 6.07) is 8.40. The minimum Gasteiger partial charge on any atom is -0.493 e. The predicted molar refractivity (Wildman–Crippen MR) is 109 cm³/mol. The molecule has 2 N–H and O–H groups in total. The lowest BCUT2D eigenvalue weighted by molar-refractivity contribution is -0.116. The van der Waals surface area contributed by atoms with Crippen molar-refractivity contribution >= 4 is 11.7 Å². The van der Waals surface area contributed by atoms with Crippen LogP contribution in [0.15, 0.2) is 35.1 Å². The molecule has 1 atom stereocenters. The first-order chi connectivity index (χ1) is 14.5. The lowest BCUT2D eigenvalue weighted by atomic mass is 9.85. The summed E-state index contributed by atoms with van der Waals surface area (Å²) in [6.45, 7) is 2.00. The number of aromatic amines is 1. The van der Waals surface area contributed by atoms with E-state index in [4.69, 9.17) is 15.9 Å². The van der Waals surface area contributed by atoms with Gasteiger partial charge in [0.15, 0.2) is 17.3 Å². The predicted octanol–water partition coefficient (Wildman–Crippen LogP) is 1.76. The first-order valence-corrected chi connectivity index (χ1v) is 9.21. The Bertz CT molecular complexity index is 1200. The summed E-state index contributed by atoms with van der Waals surface area (Å²) in [7, 11) is 1.55. The van der Waals surface area contributed by atoms with Crippen molar-refractivity contribution in [3.8, 4) is 29.7 Å². The number of fused-ring (bicyclic) bond motifs is 1. The molecule has 0 aliphatic carbocycles. The van der Waals surface area contributed by atoms with E-state index in [-0.39, 0.29) is 30.4 Å². The number of rotatable bonds is 5. The number of terminal acetylenes is 1. The van der Waals surface area contributed by atoms with E-state index in [0.29, 0.717) is 23.1 Å². The van der Waals surface area contributed by atoms with Crippen LogP contribution in [-0.4, -0.2) is 39.6 Å². The Morgan fingerprint density at radius 1 is 1.27 bits per heavy atom. The molecule has 3 heterocycles. The standard InChI is InChI=1S/C21H19N5O4/c1-4-9-30-15-6-5-13(10-16(15)29-3)14-11-19(28)22-21-20(14)12(2)25-26(21)17-7-8-18(27)24-23-17/h1,5-8,10,14H,9,11H2,2-3H3,(H,22,28)(H,24,27). The first kappa shape index (κ1) is 19.3. The number of benzene rings is 1. The van der Waals surface area contributed by atoms with Gasteiger partial charge >= 0.3 is 0 Å². The summed E-state index contributed by atoms with van der Waals surface area (Å²) in [5, 5.41) is 13.8. The highest BCUT2D eigenvalue weighted by Gasteiger charge is 2.33. The molecule has 1 aliphatic heterocycles. The summed E-state index contributed by atoms with van der Waals surface area (Å²) < 4.78 is 12.5. The molecule has 1 aliphatic rings. The first-order valence-electron chi connectivity index (χ1n) is 9.21. The lowest BCUT2D eigenvalue weighted by Gasteiger charge is -2.25. The van der Waals surface area contributed by atoms with Gasteiger partial charge in [-0.05, 0) is 30.7 Å². The molecular formula is C21H19N5O4. The molecule has 152 valence electrons. The number of carbonyl (C=O) groups is 1. The number of carbonyl (C=O) groups excluding carboxylic acids is 1. The van der Waals surface area contributed by atoms with Crippen molar-refractivity contribution in [3.63, 3.8) is 0 Å². The van der Waals surface area contributed by atoms with E-state index in [1.165, 1.54) is 10.7 Å². The van der Waals surface area contributed by atoms with Gasteiger partial charge in [-0.1, -0.05) is 12.0 Å². The van der Waals surface area contributed by atoms with Gasteiger partial charge in [-0.3, -0.25) is 9.59 Å². The van der Waals surface area contributed by atoms with Crippen molar-refractivity contribution in [2.75, 3.05) is 19.0 Å². The van der Waals surface area contributed by atoms with E-state index in [1.54, 1.807) is 19.2 Å². The summed E-state index contributed by atoms with van der Waals surface area (Å²) in [6.07, 6.45) is 5.52. The van der Waals surface area contributed by atoms with Gasteiger partial charge in [0.1, 0.15) is 12.4 Å². The van der Waals surface area contributed by atoms with Crippen molar-refractivity contribution in [2.24, 2.45) is 0 Å². The maximum atomic E-state index is 12.5. The number of hydrogen-bond donors (Lipinski definition) is 2. The van der Waals surface area contributed by atoms with Crippen molar-refractivity contribution in [1.82, 2.24) is 20.0 Å². The van der Waals surface area contributed by atoms with Gasteiger partial charge in [-0.2, -0.15) is 14.9 Å². The number of aromatic nitrogens is 4. The van der Waals surface area contributed by atoms with Crippen LogP contribution in [-0.2, 0) is 4.79 Å². The molecule has 9 heteroatoms. The molecule has 0 spiro atoms. The Balaban J connectivity index is 1.79. The van der Waals surface area contributed by atoms with Crippen LogP contribution in [0.1, 0.15) is 29.2 Å². The Morgan fingerprint density at radius 2 is 2.10 bits per heavy atom. The minimum atomic E-state index is -0.322. The zero-order valence-corrected chi connectivity index (χ0v) is 16.4. The monoisotopic (exact) mass is 405 g/mol. The summed E-state index contributed by atoms with van der Waals surface area (Å²) in [5.74, 6) is 4.03. The highest BCUT2D eigenvalue weighted by atomic mass is 16.5. The Hall–Kier alpha value is -4.06. The van der Waals surface area contributed by atoms with Crippen LogP contribution in [0.5, 0.6) is 11.5 Å². The number of H-pyrrole nitrogens is 1. The van der Waals surface area contributed by atoms with Crippen molar-refractivity contribution in [3.05, 3.63) is 57.5 Å². The molecule has 4 rings (SSSR count). The molecule has 0 bridgehead atoms. The summed E-state index contributed by atoms with van der Waals surface area (Å²) >= 11 is 0. The second-order valence-corrected chi connectivity index (χ2v) is 6.75. The third-order valence-electron chi connectivity index (χ3n) is 4.89. The van der Waals surface area contributed by atoms with Crippen LogP contribution in [0.3, 0.4) is 0 Å². The molecular weight excluding hydrogens is 386 g/mol. The van der Waals surface area contributed by atoms with Gasteiger partial charge in [0, 0.05) is 24.0 Å². The van der Waals surface area contributed by atoms with Crippen LogP contribution in [0, 0.1) is 19.3 Å². The topological polar surface area (TPSA) is 111 Å². The van der Waals surface area contributed by atoms with Crippen molar-refractivity contribution < 1.29 is 14.3 Å². The average molecular weight is 405 g/mol. The summed E-state index contributed by atoms with van der Waals surface area (Å²) in [5.41, 5.74) is 2.18. The number of hydrogen-bond acceptors (Lipinski definition) is 6. The smallest absolute Gasteiger partial charge is 0.264 e. The maximum absolute atomic E-state index is 12.5. The van der Waals surface area contributed by atoms with Crippen LogP contribution >= 0.6 is 0 Å². The fourth-order valence-electron chi connectivity index (χ4n) is 3.59. The molecule has 30 heavy (non-hydrogen) atoms. The number of amides is 1. The number of methoxy groups -OCH3 is 1. The Morgan fingerprint density at radius 3 is 2.80 bits per heavy atom. The Labute approximate surface area is 172 Å². The van der Waals surface area contributed by atoms with Gasteiger partial charge in [-0.15, -0.1) is 6.42 Å². The van der Waals surface area contributed by atoms with Gasteiger partial charge in [0.2, 0.25) is 5.91 Å². The second-order valence-electron chi connectivity index (χ2n) is 6.75. The molecule has 0 radical (unpaired) electrons. The average Bonchev–Trinajstić information content (AvgIpc) is 3.08. The Kier molecular flexibility index (Phi) is 4.98. The van der Waals surface area contributed by atoms with E-state index in [9.17, 15) is 9.59 Å². The third kappa shape index (κ3) is 3.39. The largest absolute Gasteiger partial charge is 0.493 e. The highest BCUT2D eigenvalue weighted by molar-refractivity contribution is 5.95. The molecule has 1 amide bonds. The van der Waals surface area contributed by atoms with E-state index >= 15 is 0 Å². The molecule has 9 nitrogen and oxygen atoms in total. The normalized spacial score (nSPS) is 15.1. The number of ether oxygens (including phenoxy) is 2. The number of nitrogens with zero attached hydrogens (tertiary/aromatic N) is 3. The molecule has 0 saturated carbocycles. The zero-order chi connectivity index (χ0) is 21.3. The number of nitrogens with one attached hydrogen (secondary N) is 2. The van der Waals surface area contributed by atoms with Gasteiger partial charge in [0.25, 0.3) is 5.56 Å². The molecule has 2 aromatic heterocycles. The number of aryl methyl sites for hydroxylation is 1. The van der Waals surface area contributed by atoms with E-state index in [2.05, 4.69) is 26.5 Å². The molecule has 0 fully saturated rings. The second kappa shape index (κ2) is 7.75.